The molecule has 1 aliphatic rings. The van der Waals surface area contributed by atoms with Gasteiger partial charge in [0, 0.05) is 30.6 Å². The van der Waals surface area contributed by atoms with Gasteiger partial charge in [0.2, 0.25) is 0 Å². The smallest absolute Gasteiger partial charge is 0.323 e. The molecule has 0 aliphatic carbocycles. The van der Waals surface area contributed by atoms with Crippen molar-refractivity contribution in [3.05, 3.63) is 12.7 Å². The summed E-state index contributed by atoms with van der Waals surface area (Å²) >= 11 is 1.81. The zero-order chi connectivity index (χ0) is 12.8. The predicted molar refractivity (Wildman–Crippen MR) is 68.3 cm³/mol. The summed E-state index contributed by atoms with van der Waals surface area (Å²) in [7, 11) is 0. The molecule has 5 nitrogen and oxygen atoms in total. The van der Waals surface area contributed by atoms with Crippen LogP contribution in [0.15, 0.2) is 12.7 Å². The Labute approximate surface area is 105 Å². The second-order valence-electron chi connectivity index (χ2n) is 3.96. The van der Waals surface area contributed by atoms with Crippen LogP contribution in [0.1, 0.15) is 6.92 Å². The van der Waals surface area contributed by atoms with E-state index in [0.717, 1.165) is 11.5 Å². The summed E-state index contributed by atoms with van der Waals surface area (Å²) in [6, 6.07) is -0.0533. The van der Waals surface area contributed by atoms with Gasteiger partial charge in [-0.05, 0) is 6.92 Å². The van der Waals surface area contributed by atoms with Crippen molar-refractivity contribution in [2.24, 2.45) is 0 Å². The molecule has 96 valence electrons. The fourth-order valence-corrected chi connectivity index (χ4v) is 2.74. The summed E-state index contributed by atoms with van der Waals surface area (Å²) in [4.78, 5) is 25.9. The zero-order valence-electron chi connectivity index (χ0n) is 9.96. The maximum absolute atomic E-state index is 12.2. The quantitative estimate of drug-likeness (QED) is 0.768. The van der Waals surface area contributed by atoms with Gasteiger partial charge < -0.3 is 14.9 Å². The lowest BCUT2D eigenvalue weighted by Crippen LogP contribution is -2.52. The third-order valence-electron chi connectivity index (χ3n) is 2.56. The molecule has 1 fully saturated rings. The minimum Gasteiger partial charge on any atom is -0.480 e. The summed E-state index contributed by atoms with van der Waals surface area (Å²) in [6.07, 6.45) is 1.55. The van der Waals surface area contributed by atoms with Crippen LogP contribution in [0.2, 0.25) is 0 Å². The Morgan fingerprint density at radius 3 is 2.88 bits per heavy atom. The van der Waals surface area contributed by atoms with Gasteiger partial charge in [0.05, 0.1) is 0 Å². The lowest BCUT2D eigenvalue weighted by atomic mass is 10.3. The molecule has 1 N–H and O–H groups in total. The van der Waals surface area contributed by atoms with Gasteiger partial charge in [-0.1, -0.05) is 6.08 Å². The van der Waals surface area contributed by atoms with E-state index in [4.69, 9.17) is 5.11 Å². The Bertz CT molecular complexity index is 309. The standard InChI is InChI=1S/C11H18N2O3S/c1-3-4-12(7-10(14)15)11(16)13-5-6-17-8-9(13)2/h3,9H,1,4-8H2,2H3,(H,14,15). The summed E-state index contributed by atoms with van der Waals surface area (Å²) in [5.74, 6) is 0.811. The Hall–Kier alpha value is -1.17. The first-order valence-corrected chi connectivity index (χ1v) is 6.67. The van der Waals surface area contributed by atoms with Crippen molar-refractivity contribution in [2.45, 2.75) is 13.0 Å². The van der Waals surface area contributed by atoms with E-state index in [0.29, 0.717) is 6.54 Å². The molecule has 0 saturated carbocycles. The van der Waals surface area contributed by atoms with Crippen LogP contribution >= 0.6 is 11.8 Å². The minimum atomic E-state index is -1.00. The summed E-state index contributed by atoms with van der Waals surface area (Å²) in [5.41, 5.74) is 0. The first-order valence-electron chi connectivity index (χ1n) is 5.52. The first-order chi connectivity index (χ1) is 8.06. The van der Waals surface area contributed by atoms with Crippen LogP contribution in [0, 0.1) is 0 Å². The third kappa shape index (κ3) is 3.96. The van der Waals surface area contributed by atoms with Gasteiger partial charge >= 0.3 is 12.0 Å². The molecular formula is C11H18N2O3S. The number of aliphatic carboxylic acids is 1. The minimum absolute atomic E-state index is 0.155. The number of carboxylic acids is 1. The van der Waals surface area contributed by atoms with Gasteiger partial charge in [-0.3, -0.25) is 4.79 Å². The number of carboxylic acid groups (broad SMARTS) is 1. The van der Waals surface area contributed by atoms with Gasteiger partial charge in [0.15, 0.2) is 0 Å². The molecule has 2 amide bonds. The molecule has 1 atom stereocenters. The molecule has 0 aromatic heterocycles. The third-order valence-corrected chi connectivity index (χ3v) is 3.75. The Morgan fingerprint density at radius 1 is 1.65 bits per heavy atom. The van der Waals surface area contributed by atoms with Gasteiger partial charge in [-0.2, -0.15) is 11.8 Å². The van der Waals surface area contributed by atoms with Crippen molar-refractivity contribution in [2.75, 3.05) is 31.1 Å². The maximum Gasteiger partial charge on any atom is 0.323 e. The lowest BCUT2D eigenvalue weighted by Gasteiger charge is -2.36. The van der Waals surface area contributed by atoms with Crippen LogP contribution in [0.25, 0.3) is 0 Å². The van der Waals surface area contributed by atoms with Crippen molar-refractivity contribution < 1.29 is 14.7 Å². The van der Waals surface area contributed by atoms with Crippen LogP contribution in [-0.2, 0) is 4.79 Å². The molecule has 0 aromatic carbocycles. The van der Waals surface area contributed by atoms with Crippen LogP contribution in [0.5, 0.6) is 0 Å². The van der Waals surface area contributed by atoms with Crippen molar-refractivity contribution in [1.29, 1.82) is 0 Å². The molecule has 0 aromatic rings. The zero-order valence-corrected chi connectivity index (χ0v) is 10.8. The van der Waals surface area contributed by atoms with E-state index in [-0.39, 0.29) is 25.2 Å². The molecule has 1 unspecified atom stereocenters. The summed E-state index contributed by atoms with van der Waals surface area (Å²) < 4.78 is 0. The highest BCUT2D eigenvalue weighted by Crippen LogP contribution is 2.17. The predicted octanol–water partition coefficient (Wildman–Crippen LogP) is 1.12. The van der Waals surface area contributed by atoms with E-state index in [2.05, 4.69) is 6.58 Å². The number of amides is 2. The summed E-state index contributed by atoms with van der Waals surface area (Å²) in [5, 5.41) is 8.77. The maximum atomic E-state index is 12.2. The largest absolute Gasteiger partial charge is 0.480 e. The highest BCUT2D eigenvalue weighted by atomic mass is 32.2. The highest BCUT2D eigenvalue weighted by molar-refractivity contribution is 7.99. The fraction of sp³-hybridized carbons (Fsp3) is 0.636. The number of hydrogen-bond donors (Lipinski definition) is 1. The van der Waals surface area contributed by atoms with Crippen molar-refractivity contribution in [3.63, 3.8) is 0 Å². The first kappa shape index (κ1) is 13.9. The fourth-order valence-electron chi connectivity index (χ4n) is 1.72. The van der Waals surface area contributed by atoms with Gasteiger partial charge in [-0.25, -0.2) is 4.79 Å². The highest BCUT2D eigenvalue weighted by Gasteiger charge is 2.27. The van der Waals surface area contributed by atoms with Gasteiger partial charge in [0.25, 0.3) is 0 Å². The Morgan fingerprint density at radius 2 is 2.35 bits per heavy atom. The van der Waals surface area contributed by atoms with E-state index in [1.807, 2.05) is 18.7 Å². The second kappa shape index (κ2) is 6.54. The number of nitrogens with zero attached hydrogens (tertiary/aromatic N) is 2. The number of urea groups is 1. The number of hydrogen-bond acceptors (Lipinski definition) is 3. The number of carbonyl (C=O) groups is 2. The van der Waals surface area contributed by atoms with Crippen molar-refractivity contribution >= 4 is 23.8 Å². The molecule has 0 radical (unpaired) electrons. The number of carbonyl (C=O) groups excluding carboxylic acids is 1. The lowest BCUT2D eigenvalue weighted by molar-refractivity contribution is -0.137. The molecule has 1 saturated heterocycles. The molecule has 0 bridgehead atoms. The van der Waals surface area contributed by atoms with E-state index in [9.17, 15) is 9.59 Å². The SMILES string of the molecule is C=CCN(CC(=O)O)C(=O)N1CCSCC1C. The summed E-state index contributed by atoms with van der Waals surface area (Å²) in [6.45, 7) is 6.20. The van der Waals surface area contributed by atoms with Crippen LogP contribution in [0.4, 0.5) is 4.79 Å². The Balaban J connectivity index is 2.68. The normalized spacial score (nSPS) is 19.8. The number of rotatable bonds is 4. The average molecular weight is 258 g/mol. The van der Waals surface area contributed by atoms with E-state index in [1.54, 1.807) is 11.0 Å². The van der Waals surface area contributed by atoms with Crippen LogP contribution in [0.3, 0.4) is 0 Å². The van der Waals surface area contributed by atoms with Crippen molar-refractivity contribution in [1.82, 2.24) is 9.80 Å². The monoisotopic (exact) mass is 258 g/mol. The van der Waals surface area contributed by atoms with Gasteiger partial charge in [0.1, 0.15) is 6.54 Å². The van der Waals surface area contributed by atoms with Gasteiger partial charge in [-0.15, -0.1) is 6.58 Å². The molecule has 1 heterocycles. The Kier molecular flexibility index (Phi) is 5.34. The molecule has 1 aliphatic heterocycles. The van der Waals surface area contributed by atoms with E-state index < -0.39 is 5.97 Å². The number of thioether (sulfide) groups is 1. The van der Waals surface area contributed by atoms with E-state index >= 15 is 0 Å². The van der Waals surface area contributed by atoms with Crippen molar-refractivity contribution in [3.8, 4) is 0 Å². The topological polar surface area (TPSA) is 60.9 Å². The molecule has 17 heavy (non-hydrogen) atoms. The average Bonchev–Trinajstić information content (AvgIpc) is 2.28. The van der Waals surface area contributed by atoms with Crippen LogP contribution < -0.4 is 0 Å². The van der Waals surface area contributed by atoms with Crippen LogP contribution in [-0.4, -0.2) is 64.1 Å². The molecular weight excluding hydrogens is 240 g/mol. The molecule has 6 heteroatoms. The molecule has 1 rings (SSSR count). The second-order valence-corrected chi connectivity index (χ2v) is 5.11. The van der Waals surface area contributed by atoms with E-state index in [1.165, 1.54) is 4.90 Å². The molecule has 0 spiro atoms.